The summed E-state index contributed by atoms with van der Waals surface area (Å²) in [6, 6.07) is 6.59. The van der Waals surface area contributed by atoms with Crippen molar-refractivity contribution in [2.75, 3.05) is 33.8 Å². The number of amides is 1. The van der Waals surface area contributed by atoms with E-state index in [2.05, 4.69) is 5.32 Å². The number of anilines is 1. The quantitative estimate of drug-likeness (QED) is 0.556. The molecule has 0 fully saturated rings. The third-order valence-electron chi connectivity index (χ3n) is 5.98. The minimum Gasteiger partial charge on any atom is -0.495 e. The van der Waals surface area contributed by atoms with E-state index >= 15 is 0 Å². The summed E-state index contributed by atoms with van der Waals surface area (Å²) < 4.78 is 22.3. The lowest BCUT2D eigenvalue weighted by Gasteiger charge is -2.21. The maximum atomic E-state index is 12.7. The van der Waals surface area contributed by atoms with Crippen molar-refractivity contribution in [3.8, 4) is 23.0 Å². The Balaban J connectivity index is 2.14. The molecule has 0 aliphatic heterocycles. The van der Waals surface area contributed by atoms with Gasteiger partial charge in [0.25, 0.3) is 0 Å². The summed E-state index contributed by atoms with van der Waals surface area (Å²) in [6.07, 6.45) is 2.99. The Kier molecular flexibility index (Phi) is 8.40. The van der Waals surface area contributed by atoms with Crippen LogP contribution in [0, 0.1) is 5.92 Å². The molecule has 0 unspecified atom stereocenters. The number of carbonyl (C=O) groups excluding carboxylic acids is 2. The van der Waals surface area contributed by atoms with Gasteiger partial charge < -0.3 is 30.0 Å². The van der Waals surface area contributed by atoms with E-state index in [4.69, 9.17) is 24.7 Å². The fraction of sp³-hybridized carbons (Fsp3) is 0.407. The molecule has 1 aliphatic carbocycles. The molecule has 2 aromatic rings. The molecule has 0 heterocycles. The van der Waals surface area contributed by atoms with Gasteiger partial charge in [-0.25, -0.2) is 0 Å². The Hall–Kier alpha value is -3.52. The highest BCUT2D eigenvalue weighted by atomic mass is 16.5. The monoisotopic (exact) mass is 482 g/mol. The fourth-order valence-electron chi connectivity index (χ4n) is 4.32. The SMILES string of the molecule is COc1ccc(C2=CC(=O)CCc3c2cc(OC)c(OC)c3OC)cc1NC(=O)[C@H](N)CC(C)C. The highest BCUT2D eigenvalue weighted by molar-refractivity contribution is 6.04. The number of hydrogen-bond donors (Lipinski definition) is 2. The minimum atomic E-state index is -0.649. The molecule has 0 aromatic heterocycles. The van der Waals surface area contributed by atoms with E-state index in [0.29, 0.717) is 53.5 Å². The van der Waals surface area contributed by atoms with Crippen LogP contribution >= 0.6 is 0 Å². The van der Waals surface area contributed by atoms with Crippen molar-refractivity contribution in [1.29, 1.82) is 0 Å². The largest absolute Gasteiger partial charge is 0.495 e. The second-order valence-corrected chi connectivity index (χ2v) is 8.84. The summed E-state index contributed by atoms with van der Waals surface area (Å²) in [6.45, 7) is 4.03. The lowest BCUT2D eigenvalue weighted by molar-refractivity contribution is -0.117. The lowest BCUT2D eigenvalue weighted by Crippen LogP contribution is -2.36. The standard InChI is InChI=1S/C27H34N2O6/c1-15(2)11-21(28)27(31)29-22-12-16(7-10-23(22)32-3)19-13-17(30)8-9-18-20(19)14-24(33-4)26(35-6)25(18)34-5/h7,10,12-15,21H,8-9,11,28H2,1-6H3,(H,29,31)/t21-/m1/s1. The number of rotatable bonds is 9. The van der Waals surface area contributed by atoms with E-state index in [1.165, 1.54) is 7.11 Å². The highest BCUT2D eigenvalue weighted by Crippen LogP contribution is 2.46. The van der Waals surface area contributed by atoms with Gasteiger partial charge in [-0.15, -0.1) is 0 Å². The van der Waals surface area contributed by atoms with Crippen LogP contribution in [-0.2, 0) is 16.0 Å². The average molecular weight is 483 g/mol. The summed E-state index contributed by atoms with van der Waals surface area (Å²) >= 11 is 0. The van der Waals surface area contributed by atoms with Crippen molar-refractivity contribution in [2.45, 2.75) is 39.2 Å². The second kappa shape index (κ2) is 11.3. The maximum absolute atomic E-state index is 12.7. The van der Waals surface area contributed by atoms with Crippen LogP contribution in [-0.4, -0.2) is 46.2 Å². The first-order valence-corrected chi connectivity index (χ1v) is 11.6. The van der Waals surface area contributed by atoms with Gasteiger partial charge >= 0.3 is 0 Å². The molecule has 3 rings (SSSR count). The fourth-order valence-corrected chi connectivity index (χ4v) is 4.32. The topological polar surface area (TPSA) is 109 Å². The van der Waals surface area contributed by atoms with Gasteiger partial charge in [0.1, 0.15) is 5.75 Å². The van der Waals surface area contributed by atoms with Gasteiger partial charge in [0.05, 0.1) is 40.2 Å². The molecule has 0 spiro atoms. The number of fused-ring (bicyclic) bond motifs is 1. The van der Waals surface area contributed by atoms with E-state index in [1.807, 2.05) is 26.0 Å². The number of ether oxygens (including phenoxy) is 4. The van der Waals surface area contributed by atoms with Crippen LogP contribution in [0.5, 0.6) is 23.0 Å². The van der Waals surface area contributed by atoms with Crippen LogP contribution < -0.4 is 30.0 Å². The summed E-state index contributed by atoms with van der Waals surface area (Å²) in [5.74, 6) is 1.96. The lowest BCUT2D eigenvalue weighted by atomic mass is 9.92. The molecule has 8 heteroatoms. The van der Waals surface area contributed by atoms with Gasteiger partial charge in [0.2, 0.25) is 11.7 Å². The number of nitrogens with one attached hydrogen (secondary N) is 1. The minimum absolute atomic E-state index is 0.0171. The van der Waals surface area contributed by atoms with Gasteiger partial charge in [-0.1, -0.05) is 19.9 Å². The maximum Gasteiger partial charge on any atom is 0.241 e. The number of benzene rings is 2. The first kappa shape index (κ1) is 26.1. The van der Waals surface area contributed by atoms with Gasteiger partial charge in [-0.3, -0.25) is 9.59 Å². The molecule has 1 amide bonds. The van der Waals surface area contributed by atoms with E-state index in [-0.39, 0.29) is 17.6 Å². The van der Waals surface area contributed by atoms with E-state index in [9.17, 15) is 9.59 Å². The molecule has 0 bridgehead atoms. The van der Waals surface area contributed by atoms with Crippen molar-refractivity contribution in [3.05, 3.63) is 47.0 Å². The zero-order valence-corrected chi connectivity index (χ0v) is 21.2. The molecule has 1 atom stereocenters. The Morgan fingerprint density at radius 3 is 2.26 bits per heavy atom. The second-order valence-electron chi connectivity index (χ2n) is 8.84. The van der Waals surface area contributed by atoms with Gasteiger partial charge in [-0.2, -0.15) is 0 Å². The van der Waals surface area contributed by atoms with Crippen LogP contribution in [0.1, 0.15) is 43.4 Å². The Labute approximate surface area is 206 Å². The number of carbonyl (C=O) groups is 2. The smallest absolute Gasteiger partial charge is 0.241 e. The normalized spacial score (nSPS) is 13.9. The van der Waals surface area contributed by atoms with Crippen LogP contribution in [0.4, 0.5) is 5.69 Å². The Morgan fingerprint density at radius 2 is 1.66 bits per heavy atom. The number of nitrogens with two attached hydrogens (primary N) is 1. The van der Waals surface area contributed by atoms with Crippen molar-refractivity contribution < 1.29 is 28.5 Å². The predicted molar refractivity (Wildman–Crippen MR) is 136 cm³/mol. The summed E-state index contributed by atoms with van der Waals surface area (Å²) in [5.41, 5.74) is 9.61. The van der Waals surface area contributed by atoms with Crippen LogP contribution in [0.25, 0.3) is 5.57 Å². The molecular weight excluding hydrogens is 448 g/mol. The first-order valence-electron chi connectivity index (χ1n) is 11.6. The van der Waals surface area contributed by atoms with Crippen molar-refractivity contribution in [3.63, 3.8) is 0 Å². The summed E-state index contributed by atoms with van der Waals surface area (Å²) in [4.78, 5) is 25.5. The van der Waals surface area contributed by atoms with Gasteiger partial charge in [-0.05, 0) is 59.7 Å². The molecule has 1 aliphatic rings. The average Bonchev–Trinajstić information content (AvgIpc) is 3.00. The first-order chi connectivity index (χ1) is 16.7. The van der Waals surface area contributed by atoms with Gasteiger partial charge in [0.15, 0.2) is 17.3 Å². The molecule has 2 aromatic carbocycles. The zero-order valence-electron chi connectivity index (χ0n) is 21.2. The highest BCUT2D eigenvalue weighted by Gasteiger charge is 2.26. The molecule has 0 saturated carbocycles. The molecule has 8 nitrogen and oxygen atoms in total. The number of ketones is 1. The van der Waals surface area contributed by atoms with Crippen LogP contribution in [0.2, 0.25) is 0 Å². The number of methoxy groups -OCH3 is 4. The molecule has 3 N–H and O–H groups in total. The van der Waals surface area contributed by atoms with E-state index < -0.39 is 6.04 Å². The third-order valence-corrected chi connectivity index (χ3v) is 5.98. The van der Waals surface area contributed by atoms with Crippen LogP contribution in [0.15, 0.2) is 30.3 Å². The van der Waals surface area contributed by atoms with Crippen molar-refractivity contribution >= 4 is 23.0 Å². The Morgan fingerprint density at radius 1 is 0.971 bits per heavy atom. The van der Waals surface area contributed by atoms with Gasteiger partial charge in [0, 0.05) is 12.0 Å². The summed E-state index contributed by atoms with van der Waals surface area (Å²) in [7, 11) is 6.20. The number of hydrogen-bond acceptors (Lipinski definition) is 7. The molecule has 188 valence electrons. The van der Waals surface area contributed by atoms with Crippen LogP contribution in [0.3, 0.4) is 0 Å². The zero-order chi connectivity index (χ0) is 25.7. The predicted octanol–water partition coefficient (Wildman–Crippen LogP) is 3.98. The molecule has 0 radical (unpaired) electrons. The van der Waals surface area contributed by atoms with Crippen molar-refractivity contribution in [1.82, 2.24) is 0 Å². The molecular formula is C27H34N2O6. The molecule has 0 saturated heterocycles. The molecule has 35 heavy (non-hydrogen) atoms. The summed E-state index contributed by atoms with van der Waals surface area (Å²) in [5, 5.41) is 2.89. The van der Waals surface area contributed by atoms with E-state index in [0.717, 1.165) is 16.7 Å². The van der Waals surface area contributed by atoms with E-state index in [1.54, 1.807) is 39.5 Å². The number of allylic oxidation sites excluding steroid dienone is 1. The third kappa shape index (κ3) is 5.59. The Bertz CT molecular complexity index is 1140. The van der Waals surface area contributed by atoms with Crippen molar-refractivity contribution in [2.24, 2.45) is 11.7 Å².